The van der Waals surface area contributed by atoms with Crippen LogP contribution in [-0.4, -0.2) is 0 Å². The van der Waals surface area contributed by atoms with Crippen LogP contribution in [0, 0.1) is 0 Å². The van der Waals surface area contributed by atoms with E-state index in [4.69, 9.17) is 5.73 Å². The number of rotatable bonds is 0. The van der Waals surface area contributed by atoms with Gasteiger partial charge in [0.2, 0.25) is 0 Å². The summed E-state index contributed by atoms with van der Waals surface area (Å²) in [6.45, 7) is 0. The Hall–Kier alpha value is -2.28. The third-order valence-corrected chi connectivity index (χ3v) is 3.27. The van der Waals surface area contributed by atoms with Crippen molar-refractivity contribution in [2.45, 2.75) is 6.42 Å². The first-order chi connectivity index (χ1) is 8.84. The first kappa shape index (κ1) is 10.8. The van der Waals surface area contributed by atoms with Gasteiger partial charge in [0.25, 0.3) is 0 Å². The molecular weight excluding hydrogens is 218 g/mol. The molecular formula is C17H15N. The Morgan fingerprint density at radius 3 is 2.72 bits per heavy atom. The smallest absolute Gasteiger partial charge is 0.0133 e. The van der Waals surface area contributed by atoms with Crippen LogP contribution < -0.4 is 16.2 Å². The normalized spacial score (nSPS) is 25.9. The predicted molar refractivity (Wildman–Crippen MR) is 76.8 cm³/mol. The molecule has 0 fully saturated rings. The van der Waals surface area contributed by atoms with Crippen molar-refractivity contribution in [1.29, 1.82) is 0 Å². The lowest BCUT2D eigenvalue weighted by molar-refractivity contribution is 1.15. The summed E-state index contributed by atoms with van der Waals surface area (Å²) in [5.41, 5.74) is 9.45. The predicted octanol–water partition coefficient (Wildman–Crippen LogP) is 1.92. The van der Waals surface area contributed by atoms with E-state index in [1.54, 1.807) is 0 Å². The number of hydrogen-bond acceptors (Lipinski definition) is 1. The molecule has 2 aliphatic rings. The van der Waals surface area contributed by atoms with E-state index in [9.17, 15) is 0 Å². The highest BCUT2D eigenvalue weighted by molar-refractivity contribution is 5.73. The largest absolute Gasteiger partial charge is 0.402 e. The second-order valence-electron chi connectivity index (χ2n) is 4.52. The third kappa shape index (κ3) is 1.95. The van der Waals surface area contributed by atoms with Gasteiger partial charge in [0.15, 0.2) is 0 Å². The molecule has 0 amide bonds. The summed E-state index contributed by atoms with van der Waals surface area (Å²) in [6.07, 6.45) is 15.4. The van der Waals surface area contributed by atoms with Crippen LogP contribution in [0.1, 0.15) is 6.42 Å². The van der Waals surface area contributed by atoms with E-state index in [0.29, 0.717) is 0 Å². The highest BCUT2D eigenvalue weighted by atomic mass is 14.6. The quantitative estimate of drug-likeness (QED) is 0.728. The average Bonchev–Trinajstić information content (AvgIpc) is 2.48. The van der Waals surface area contributed by atoms with Crippen LogP contribution in [0.2, 0.25) is 0 Å². The minimum Gasteiger partial charge on any atom is -0.402 e. The summed E-state index contributed by atoms with van der Waals surface area (Å²) in [7, 11) is 0. The molecule has 0 radical (unpaired) electrons. The Balaban J connectivity index is 2.41. The van der Waals surface area contributed by atoms with Crippen LogP contribution in [0.4, 0.5) is 0 Å². The van der Waals surface area contributed by atoms with Crippen molar-refractivity contribution in [1.82, 2.24) is 0 Å². The standard InChI is InChI=1S/C17H15N/c18-15-11-10-14-7-3-1-2-6-13-8-4-5-9-16(13)17(14)12-15/h1-11H,12,18H2/b2-1-,7-3-,13-6-,17-16-. The molecule has 18 heavy (non-hydrogen) atoms. The summed E-state index contributed by atoms with van der Waals surface area (Å²) >= 11 is 0. The van der Waals surface area contributed by atoms with Gasteiger partial charge in [-0.3, -0.25) is 0 Å². The molecule has 0 heterocycles. The Morgan fingerprint density at radius 2 is 1.78 bits per heavy atom. The van der Waals surface area contributed by atoms with Crippen LogP contribution in [0.15, 0.2) is 72.0 Å². The van der Waals surface area contributed by atoms with Gasteiger partial charge in [-0.05, 0) is 27.7 Å². The molecule has 0 saturated carbocycles. The van der Waals surface area contributed by atoms with Crippen molar-refractivity contribution in [2.75, 3.05) is 0 Å². The van der Waals surface area contributed by atoms with Gasteiger partial charge in [0.05, 0.1) is 0 Å². The second kappa shape index (κ2) is 4.53. The molecule has 1 aromatic carbocycles. The molecule has 88 valence electrons. The van der Waals surface area contributed by atoms with E-state index >= 15 is 0 Å². The SMILES string of the molecule is NC1=CC=C2\C=C/C=C\C=c3\cccc\c3=C\2C1. The first-order valence-electron chi connectivity index (χ1n) is 6.14. The number of nitrogens with two attached hydrogens (primary N) is 1. The Labute approximate surface area is 107 Å². The highest BCUT2D eigenvalue weighted by Crippen LogP contribution is 2.23. The zero-order valence-corrected chi connectivity index (χ0v) is 10.1. The molecule has 0 bridgehead atoms. The van der Waals surface area contributed by atoms with Crippen molar-refractivity contribution in [3.8, 4) is 0 Å². The zero-order chi connectivity index (χ0) is 12.4. The van der Waals surface area contributed by atoms with Gasteiger partial charge in [0, 0.05) is 12.1 Å². The molecule has 0 spiro atoms. The molecule has 1 heteroatoms. The Kier molecular flexibility index (Phi) is 2.73. The fraction of sp³-hybridized carbons (Fsp3) is 0.0588. The molecule has 0 atom stereocenters. The number of fused-ring (bicyclic) bond motifs is 2. The van der Waals surface area contributed by atoms with Crippen molar-refractivity contribution in [3.63, 3.8) is 0 Å². The van der Waals surface area contributed by atoms with E-state index in [2.05, 4.69) is 60.7 Å². The number of benzene rings is 1. The van der Waals surface area contributed by atoms with Gasteiger partial charge in [-0.25, -0.2) is 0 Å². The Morgan fingerprint density at radius 1 is 0.889 bits per heavy atom. The van der Waals surface area contributed by atoms with E-state index in [0.717, 1.165) is 12.1 Å². The summed E-state index contributed by atoms with van der Waals surface area (Å²) in [6, 6.07) is 8.46. The molecule has 3 rings (SSSR count). The monoisotopic (exact) mass is 233 g/mol. The van der Waals surface area contributed by atoms with Crippen molar-refractivity contribution < 1.29 is 0 Å². The zero-order valence-electron chi connectivity index (χ0n) is 10.1. The van der Waals surface area contributed by atoms with Crippen molar-refractivity contribution in [2.24, 2.45) is 5.73 Å². The summed E-state index contributed by atoms with van der Waals surface area (Å²) in [5.74, 6) is 0. The molecule has 0 saturated heterocycles. The lowest BCUT2D eigenvalue weighted by atomic mass is 9.93. The van der Waals surface area contributed by atoms with Gasteiger partial charge in [-0.1, -0.05) is 60.7 Å². The molecule has 1 aromatic rings. The summed E-state index contributed by atoms with van der Waals surface area (Å²) < 4.78 is 0. The maximum absolute atomic E-state index is 5.97. The van der Waals surface area contributed by atoms with Gasteiger partial charge in [0.1, 0.15) is 0 Å². The topological polar surface area (TPSA) is 26.0 Å². The van der Waals surface area contributed by atoms with Crippen LogP contribution in [-0.2, 0) is 0 Å². The molecule has 0 aliphatic heterocycles. The lowest BCUT2D eigenvalue weighted by Crippen LogP contribution is -2.27. The summed E-state index contributed by atoms with van der Waals surface area (Å²) in [5, 5.41) is 2.52. The van der Waals surface area contributed by atoms with E-state index in [-0.39, 0.29) is 0 Å². The maximum atomic E-state index is 5.97. The molecule has 2 aliphatic carbocycles. The molecule has 2 N–H and O–H groups in total. The minimum atomic E-state index is 0.820. The van der Waals surface area contributed by atoms with Crippen molar-refractivity contribution in [3.05, 3.63) is 82.4 Å². The fourth-order valence-corrected chi connectivity index (χ4v) is 2.37. The van der Waals surface area contributed by atoms with Crippen LogP contribution in [0.5, 0.6) is 0 Å². The number of allylic oxidation sites excluding steroid dienone is 8. The first-order valence-corrected chi connectivity index (χ1v) is 6.14. The average molecular weight is 233 g/mol. The van der Waals surface area contributed by atoms with Crippen LogP contribution >= 0.6 is 0 Å². The van der Waals surface area contributed by atoms with Gasteiger partial charge >= 0.3 is 0 Å². The minimum absolute atomic E-state index is 0.820. The fourth-order valence-electron chi connectivity index (χ4n) is 2.37. The van der Waals surface area contributed by atoms with E-state index in [1.165, 1.54) is 21.6 Å². The van der Waals surface area contributed by atoms with E-state index < -0.39 is 0 Å². The lowest BCUT2D eigenvalue weighted by Gasteiger charge is -2.14. The van der Waals surface area contributed by atoms with Gasteiger partial charge in [-0.2, -0.15) is 0 Å². The molecule has 0 aromatic heterocycles. The molecule has 0 unspecified atom stereocenters. The number of hydrogen-bond donors (Lipinski definition) is 1. The highest BCUT2D eigenvalue weighted by Gasteiger charge is 2.09. The van der Waals surface area contributed by atoms with E-state index in [1.807, 2.05) is 6.08 Å². The molecule has 1 nitrogen and oxygen atoms in total. The van der Waals surface area contributed by atoms with Crippen LogP contribution in [0.25, 0.3) is 11.6 Å². The van der Waals surface area contributed by atoms with Gasteiger partial charge in [-0.15, -0.1) is 0 Å². The summed E-state index contributed by atoms with van der Waals surface area (Å²) in [4.78, 5) is 0. The van der Waals surface area contributed by atoms with Crippen molar-refractivity contribution >= 4 is 11.6 Å². The third-order valence-electron chi connectivity index (χ3n) is 3.27. The Bertz CT molecular complexity index is 712. The van der Waals surface area contributed by atoms with Gasteiger partial charge < -0.3 is 5.73 Å². The maximum Gasteiger partial charge on any atom is 0.0133 e. The second-order valence-corrected chi connectivity index (χ2v) is 4.52. The van der Waals surface area contributed by atoms with Crippen LogP contribution in [0.3, 0.4) is 0 Å².